The van der Waals surface area contributed by atoms with Gasteiger partial charge in [-0.25, -0.2) is 9.97 Å². The van der Waals surface area contributed by atoms with E-state index in [1.54, 1.807) is 24.6 Å². The van der Waals surface area contributed by atoms with Crippen molar-refractivity contribution in [2.24, 2.45) is 0 Å². The fourth-order valence-corrected chi connectivity index (χ4v) is 2.24. The summed E-state index contributed by atoms with van der Waals surface area (Å²) >= 11 is 1.59. The molecule has 0 aliphatic rings. The Labute approximate surface area is 101 Å². The summed E-state index contributed by atoms with van der Waals surface area (Å²) in [5.74, 6) is 1.97. The molecule has 0 aliphatic heterocycles. The third-order valence-electron chi connectivity index (χ3n) is 2.25. The Hall–Kier alpha value is -2.02. The second-order valence-electron chi connectivity index (χ2n) is 3.44. The number of thiophene rings is 1. The van der Waals surface area contributed by atoms with Gasteiger partial charge in [-0.3, -0.25) is 0 Å². The van der Waals surface area contributed by atoms with Gasteiger partial charge in [0.2, 0.25) is 5.89 Å². The lowest BCUT2D eigenvalue weighted by molar-refractivity contribution is 0.388. The summed E-state index contributed by atoms with van der Waals surface area (Å²) in [6.07, 6.45) is 1.54. The standard InChI is InChI=1S/C10H9N5OS/c1-6-14-8(15-16-6)4-11-9-7-2-3-17-10(7)13-5-12-9/h2-3,5H,4H2,1H3,(H,11,12,13). The van der Waals surface area contributed by atoms with Gasteiger partial charge in [0.1, 0.15) is 17.0 Å². The van der Waals surface area contributed by atoms with Crippen LogP contribution in [0.5, 0.6) is 0 Å². The van der Waals surface area contributed by atoms with Crippen molar-refractivity contribution in [3.63, 3.8) is 0 Å². The first kappa shape index (κ1) is 10.2. The number of rotatable bonds is 3. The number of aromatic nitrogens is 4. The van der Waals surface area contributed by atoms with Crippen LogP contribution in [0.1, 0.15) is 11.7 Å². The monoisotopic (exact) mass is 247 g/mol. The SMILES string of the molecule is Cc1nc(CNc2ncnc3sccc23)no1. The Balaban J connectivity index is 1.83. The molecule has 3 aromatic heterocycles. The van der Waals surface area contributed by atoms with E-state index in [1.807, 2.05) is 11.4 Å². The van der Waals surface area contributed by atoms with E-state index >= 15 is 0 Å². The van der Waals surface area contributed by atoms with E-state index in [1.165, 1.54) is 0 Å². The highest BCUT2D eigenvalue weighted by atomic mass is 32.1. The van der Waals surface area contributed by atoms with Gasteiger partial charge in [0, 0.05) is 6.92 Å². The van der Waals surface area contributed by atoms with Crippen LogP contribution in [0, 0.1) is 6.92 Å². The molecular weight excluding hydrogens is 238 g/mol. The molecule has 0 aliphatic carbocycles. The molecule has 0 radical (unpaired) electrons. The van der Waals surface area contributed by atoms with Gasteiger partial charge in [0.05, 0.1) is 11.9 Å². The zero-order valence-corrected chi connectivity index (χ0v) is 9.86. The minimum absolute atomic E-state index is 0.485. The molecule has 0 saturated carbocycles. The van der Waals surface area contributed by atoms with E-state index in [0.29, 0.717) is 18.3 Å². The zero-order chi connectivity index (χ0) is 11.7. The van der Waals surface area contributed by atoms with Crippen molar-refractivity contribution >= 4 is 27.4 Å². The van der Waals surface area contributed by atoms with Gasteiger partial charge < -0.3 is 9.84 Å². The van der Waals surface area contributed by atoms with Crippen molar-refractivity contribution in [1.82, 2.24) is 20.1 Å². The van der Waals surface area contributed by atoms with Gasteiger partial charge >= 0.3 is 0 Å². The number of fused-ring (bicyclic) bond motifs is 1. The molecule has 0 aromatic carbocycles. The normalized spacial score (nSPS) is 10.9. The summed E-state index contributed by atoms with van der Waals surface area (Å²) in [4.78, 5) is 13.5. The molecule has 7 heteroatoms. The van der Waals surface area contributed by atoms with Crippen molar-refractivity contribution in [1.29, 1.82) is 0 Å². The van der Waals surface area contributed by atoms with Crippen LogP contribution in [0.3, 0.4) is 0 Å². The van der Waals surface area contributed by atoms with E-state index in [0.717, 1.165) is 16.0 Å². The van der Waals surface area contributed by atoms with Gasteiger partial charge in [0.15, 0.2) is 5.82 Å². The Morgan fingerprint density at radius 3 is 3.18 bits per heavy atom. The Morgan fingerprint density at radius 1 is 1.41 bits per heavy atom. The summed E-state index contributed by atoms with van der Waals surface area (Å²) < 4.78 is 4.89. The molecule has 0 atom stereocenters. The average molecular weight is 247 g/mol. The number of nitrogens with one attached hydrogen (secondary N) is 1. The van der Waals surface area contributed by atoms with Crippen LogP contribution in [-0.2, 0) is 6.54 Å². The molecule has 6 nitrogen and oxygen atoms in total. The van der Waals surface area contributed by atoms with E-state index in [4.69, 9.17) is 4.52 Å². The summed E-state index contributed by atoms with van der Waals surface area (Å²) in [6.45, 7) is 2.25. The van der Waals surface area contributed by atoms with E-state index in [9.17, 15) is 0 Å². The molecule has 86 valence electrons. The number of hydrogen-bond acceptors (Lipinski definition) is 7. The smallest absolute Gasteiger partial charge is 0.223 e. The van der Waals surface area contributed by atoms with Gasteiger partial charge in [-0.15, -0.1) is 11.3 Å². The first-order valence-corrected chi connectivity index (χ1v) is 5.92. The maximum Gasteiger partial charge on any atom is 0.223 e. The van der Waals surface area contributed by atoms with Crippen molar-refractivity contribution < 1.29 is 4.52 Å². The van der Waals surface area contributed by atoms with Gasteiger partial charge in [-0.05, 0) is 11.4 Å². The summed E-state index contributed by atoms with van der Waals surface area (Å²) in [6, 6.07) is 1.99. The Kier molecular flexibility index (Phi) is 2.45. The highest BCUT2D eigenvalue weighted by Crippen LogP contribution is 2.23. The molecule has 17 heavy (non-hydrogen) atoms. The predicted octanol–water partition coefficient (Wildman–Crippen LogP) is 1.99. The average Bonchev–Trinajstić information content (AvgIpc) is 2.94. The van der Waals surface area contributed by atoms with Gasteiger partial charge in [-0.1, -0.05) is 5.16 Å². The minimum Gasteiger partial charge on any atom is -0.362 e. The van der Waals surface area contributed by atoms with Crippen LogP contribution in [0.2, 0.25) is 0 Å². The second kappa shape index (κ2) is 4.10. The molecule has 0 amide bonds. The molecule has 0 spiro atoms. The maximum absolute atomic E-state index is 4.89. The van der Waals surface area contributed by atoms with Gasteiger partial charge in [0.25, 0.3) is 0 Å². The zero-order valence-electron chi connectivity index (χ0n) is 9.04. The predicted molar refractivity (Wildman–Crippen MR) is 63.8 cm³/mol. The molecule has 1 N–H and O–H groups in total. The Morgan fingerprint density at radius 2 is 2.35 bits per heavy atom. The van der Waals surface area contributed by atoms with Crippen molar-refractivity contribution in [3.05, 3.63) is 29.5 Å². The lowest BCUT2D eigenvalue weighted by atomic mass is 10.4. The molecule has 0 unspecified atom stereocenters. The molecule has 0 saturated heterocycles. The number of anilines is 1. The topological polar surface area (TPSA) is 76.7 Å². The first-order valence-electron chi connectivity index (χ1n) is 5.04. The second-order valence-corrected chi connectivity index (χ2v) is 4.34. The fraction of sp³-hybridized carbons (Fsp3) is 0.200. The summed E-state index contributed by atoms with van der Waals surface area (Å²) in [5.41, 5.74) is 0. The lowest BCUT2D eigenvalue weighted by Crippen LogP contribution is -2.03. The summed E-state index contributed by atoms with van der Waals surface area (Å²) in [5, 5.41) is 9.98. The third kappa shape index (κ3) is 1.96. The van der Waals surface area contributed by atoms with E-state index in [-0.39, 0.29) is 0 Å². The van der Waals surface area contributed by atoms with Crippen LogP contribution >= 0.6 is 11.3 Å². The molecule has 3 aromatic rings. The third-order valence-corrected chi connectivity index (χ3v) is 3.07. The number of hydrogen-bond donors (Lipinski definition) is 1. The van der Waals surface area contributed by atoms with Crippen molar-refractivity contribution in [3.8, 4) is 0 Å². The van der Waals surface area contributed by atoms with Crippen LogP contribution in [0.25, 0.3) is 10.2 Å². The van der Waals surface area contributed by atoms with Crippen LogP contribution in [0.4, 0.5) is 5.82 Å². The fourth-order valence-electron chi connectivity index (χ4n) is 1.51. The van der Waals surface area contributed by atoms with Crippen LogP contribution < -0.4 is 5.32 Å². The van der Waals surface area contributed by atoms with Crippen molar-refractivity contribution in [2.45, 2.75) is 13.5 Å². The van der Waals surface area contributed by atoms with Crippen LogP contribution in [-0.4, -0.2) is 20.1 Å². The molecular formula is C10H9N5OS. The molecule has 0 bridgehead atoms. The maximum atomic E-state index is 4.89. The lowest BCUT2D eigenvalue weighted by Gasteiger charge is -2.02. The van der Waals surface area contributed by atoms with Crippen LogP contribution in [0.15, 0.2) is 22.3 Å². The minimum atomic E-state index is 0.485. The highest BCUT2D eigenvalue weighted by Gasteiger charge is 2.06. The van der Waals surface area contributed by atoms with E-state index in [2.05, 4.69) is 25.4 Å². The number of aryl methyl sites for hydroxylation is 1. The quantitative estimate of drug-likeness (QED) is 0.762. The first-order chi connectivity index (χ1) is 8.33. The van der Waals surface area contributed by atoms with Gasteiger partial charge in [-0.2, -0.15) is 4.98 Å². The molecule has 0 fully saturated rings. The van der Waals surface area contributed by atoms with Crippen molar-refractivity contribution in [2.75, 3.05) is 5.32 Å². The summed E-state index contributed by atoms with van der Waals surface area (Å²) in [7, 11) is 0. The number of nitrogens with zero attached hydrogens (tertiary/aromatic N) is 4. The Bertz CT molecular complexity index is 647. The highest BCUT2D eigenvalue weighted by molar-refractivity contribution is 7.16. The van der Waals surface area contributed by atoms with E-state index < -0.39 is 0 Å². The molecule has 3 rings (SSSR count). The molecule has 3 heterocycles. The largest absolute Gasteiger partial charge is 0.362 e.